The Labute approximate surface area is 117 Å². The van der Waals surface area contributed by atoms with Crippen molar-refractivity contribution < 1.29 is 9.31 Å². The molecule has 0 bridgehead atoms. The Morgan fingerprint density at radius 3 is 2.05 bits per heavy atom. The topological polar surface area (TPSA) is 18.5 Å². The molecule has 1 aliphatic heterocycles. The van der Waals surface area contributed by atoms with Crippen LogP contribution in [0.4, 0.5) is 0 Å². The zero-order valence-corrected chi connectivity index (χ0v) is 13.0. The maximum atomic E-state index is 6.08. The fourth-order valence-corrected chi connectivity index (χ4v) is 2.51. The van der Waals surface area contributed by atoms with Crippen LogP contribution in [0.2, 0.25) is 0 Å². The Hall–Kier alpha value is -0.795. The molecule has 0 atom stereocenters. The van der Waals surface area contributed by atoms with Gasteiger partial charge in [-0.3, -0.25) is 0 Å². The standard InChI is InChI=1S/C16H25BO2/c1-12(2)14-10-8-7-9-13(14)11-17-18-15(3,4)16(5,6)19-17/h7-10,12H,11H2,1-6H3. The first-order chi connectivity index (χ1) is 8.73. The minimum atomic E-state index is -0.246. The van der Waals surface area contributed by atoms with Gasteiger partial charge in [-0.15, -0.1) is 0 Å². The van der Waals surface area contributed by atoms with Gasteiger partial charge in [0, 0.05) is 6.32 Å². The second kappa shape index (κ2) is 4.95. The lowest BCUT2D eigenvalue weighted by atomic mass is 9.78. The van der Waals surface area contributed by atoms with Crippen molar-refractivity contribution >= 4 is 7.12 Å². The Balaban J connectivity index is 2.16. The first-order valence-electron chi connectivity index (χ1n) is 7.16. The van der Waals surface area contributed by atoms with Crippen molar-refractivity contribution in [3.63, 3.8) is 0 Å². The molecule has 2 rings (SSSR count). The third-order valence-corrected chi connectivity index (χ3v) is 4.37. The molecule has 19 heavy (non-hydrogen) atoms. The van der Waals surface area contributed by atoms with E-state index in [9.17, 15) is 0 Å². The highest BCUT2D eigenvalue weighted by Crippen LogP contribution is 2.37. The fourth-order valence-electron chi connectivity index (χ4n) is 2.51. The molecule has 1 aromatic carbocycles. The van der Waals surface area contributed by atoms with Crippen LogP contribution in [0, 0.1) is 0 Å². The summed E-state index contributed by atoms with van der Waals surface area (Å²) >= 11 is 0. The molecule has 0 saturated carbocycles. The second-order valence-electron chi connectivity index (χ2n) is 6.74. The summed E-state index contributed by atoms with van der Waals surface area (Å²) in [6.07, 6.45) is 0.821. The van der Waals surface area contributed by atoms with Crippen LogP contribution >= 0.6 is 0 Å². The van der Waals surface area contributed by atoms with Crippen LogP contribution in [-0.4, -0.2) is 18.3 Å². The minimum absolute atomic E-state index is 0.148. The van der Waals surface area contributed by atoms with Gasteiger partial charge in [-0.05, 0) is 44.7 Å². The summed E-state index contributed by atoms with van der Waals surface area (Å²) in [6.45, 7) is 12.8. The van der Waals surface area contributed by atoms with Crippen LogP contribution in [0.5, 0.6) is 0 Å². The van der Waals surface area contributed by atoms with Gasteiger partial charge in [0.15, 0.2) is 0 Å². The van der Waals surface area contributed by atoms with Crippen molar-refractivity contribution in [3.8, 4) is 0 Å². The van der Waals surface area contributed by atoms with Crippen LogP contribution in [0.1, 0.15) is 58.6 Å². The van der Waals surface area contributed by atoms with Gasteiger partial charge < -0.3 is 9.31 Å². The molecule has 1 heterocycles. The summed E-state index contributed by atoms with van der Waals surface area (Å²) in [7, 11) is -0.148. The quantitative estimate of drug-likeness (QED) is 0.765. The highest BCUT2D eigenvalue weighted by Gasteiger charge is 2.50. The summed E-state index contributed by atoms with van der Waals surface area (Å²) in [6, 6.07) is 8.57. The lowest BCUT2D eigenvalue weighted by molar-refractivity contribution is 0.00578. The zero-order valence-electron chi connectivity index (χ0n) is 13.0. The summed E-state index contributed by atoms with van der Waals surface area (Å²) in [5, 5.41) is 0. The molecule has 0 amide bonds. The second-order valence-corrected chi connectivity index (χ2v) is 6.74. The van der Waals surface area contributed by atoms with Gasteiger partial charge in [0.2, 0.25) is 0 Å². The summed E-state index contributed by atoms with van der Waals surface area (Å²) in [4.78, 5) is 0. The van der Waals surface area contributed by atoms with Crippen molar-refractivity contribution in [2.24, 2.45) is 0 Å². The highest BCUT2D eigenvalue weighted by atomic mass is 16.7. The predicted octanol–water partition coefficient (Wildman–Crippen LogP) is 3.98. The van der Waals surface area contributed by atoms with Gasteiger partial charge >= 0.3 is 7.12 Å². The smallest absolute Gasteiger partial charge is 0.403 e. The number of benzene rings is 1. The third-order valence-electron chi connectivity index (χ3n) is 4.37. The van der Waals surface area contributed by atoms with Crippen molar-refractivity contribution in [3.05, 3.63) is 35.4 Å². The van der Waals surface area contributed by atoms with Crippen molar-refractivity contribution in [2.75, 3.05) is 0 Å². The number of hydrogen-bond donors (Lipinski definition) is 0. The SMILES string of the molecule is CC(C)c1ccccc1CB1OC(C)(C)C(C)(C)O1. The molecule has 1 aromatic rings. The zero-order chi connectivity index (χ0) is 14.3. The van der Waals surface area contributed by atoms with Crippen molar-refractivity contribution in [2.45, 2.75) is 65.0 Å². The molecule has 2 nitrogen and oxygen atoms in total. The number of rotatable bonds is 3. The molecule has 3 heteroatoms. The normalized spacial score (nSPS) is 21.1. The molecule has 0 radical (unpaired) electrons. The van der Waals surface area contributed by atoms with Crippen LogP contribution in [0.15, 0.2) is 24.3 Å². The molecule has 0 spiro atoms. The monoisotopic (exact) mass is 260 g/mol. The molecule has 0 aliphatic carbocycles. The van der Waals surface area contributed by atoms with Crippen LogP contribution in [0.3, 0.4) is 0 Å². The van der Waals surface area contributed by atoms with E-state index >= 15 is 0 Å². The van der Waals surface area contributed by atoms with Gasteiger partial charge in [0.25, 0.3) is 0 Å². The molecule has 0 N–H and O–H groups in total. The molecule has 1 aliphatic rings. The summed E-state index contributed by atoms with van der Waals surface area (Å²) in [5.41, 5.74) is 2.22. The van der Waals surface area contributed by atoms with Gasteiger partial charge in [-0.2, -0.15) is 0 Å². The lowest BCUT2D eigenvalue weighted by Gasteiger charge is -2.32. The van der Waals surface area contributed by atoms with E-state index < -0.39 is 0 Å². The maximum Gasteiger partial charge on any atom is 0.462 e. The summed E-state index contributed by atoms with van der Waals surface area (Å²) in [5.74, 6) is 0.527. The van der Waals surface area contributed by atoms with E-state index in [-0.39, 0.29) is 18.3 Å². The lowest BCUT2D eigenvalue weighted by Crippen LogP contribution is -2.41. The van der Waals surface area contributed by atoms with Crippen LogP contribution in [0.25, 0.3) is 0 Å². The van der Waals surface area contributed by atoms with Gasteiger partial charge in [-0.25, -0.2) is 0 Å². The Kier molecular flexibility index (Phi) is 3.81. The molecule has 1 saturated heterocycles. The van der Waals surface area contributed by atoms with E-state index in [0.717, 1.165) is 6.32 Å². The van der Waals surface area contributed by atoms with Crippen molar-refractivity contribution in [1.82, 2.24) is 0 Å². The van der Waals surface area contributed by atoms with Gasteiger partial charge in [0.1, 0.15) is 0 Å². The van der Waals surface area contributed by atoms with Crippen molar-refractivity contribution in [1.29, 1.82) is 0 Å². The molecule has 104 valence electrons. The van der Waals surface area contributed by atoms with E-state index in [2.05, 4.69) is 65.8 Å². The van der Waals surface area contributed by atoms with E-state index in [4.69, 9.17) is 9.31 Å². The Morgan fingerprint density at radius 2 is 1.53 bits per heavy atom. The Morgan fingerprint density at radius 1 is 1.00 bits per heavy atom. The average molecular weight is 260 g/mol. The van der Waals surface area contributed by atoms with E-state index in [1.54, 1.807) is 0 Å². The van der Waals surface area contributed by atoms with Crippen LogP contribution in [-0.2, 0) is 15.6 Å². The first kappa shape index (κ1) is 14.6. The Bertz CT molecular complexity index is 436. The molecule has 1 fully saturated rings. The fraction of sp³-hybridized carbons (Fsp3) is 0.625. The van der Waals surface area contributed by atoms with Gasteiger partial charge in [-0.1, -0.05) is 38.1 Å². The molecule has 0 aromatic heterocycles. The molecular weight excluding hydrogens is 235 g/mol. The van der Waals surface area contributed by atoms with E-state index in [1.807, 2.05) is 0 Å². The average Bonchev–Trinajstić information content (AvgIpc) is 2.47. The predicted molar refractivity (Wildman–Crippen MR) is 80.3 cm³/mol. The molecule has 0 unspecified atom stereocenters. The van der Waals surface area contributed by atoms with Crippen LogP contribution < -0.4 is 0 Å². The largest absolute Gasteiger partial charge is 0.462 e. The maximum absolute atomic E-state index is 6.08. The third kappa shape index (κ3) is 2.87. The van der Waals surface area contributed by atoms with E-state index in [0.29, 0.717) is 5.92 Å². The van der Waals surface area contributed by atoms with E-state index in [1.165, 1.54) is 11.1 Å². The first-order valence-corrected chi connectivity index (χ1v) is 7.16. The van der Waals surface area contributed by atoms with Gasteiger partial charge in [0.05, 0.1) is 11.2 Å². The number of hydrogen-bond acceptors (Lipinski definition) is 2. The minimum Gasteiger partial charge on any atom is -0.403 e. The summed E-state index contributed by atoms with van der Waals surface area (Å²) < 4.78 is 12.2. The molecular formula is C16H25BO2. The highest BCUT2D eigenvalue weighted by molar-refractivity contribution is 6.45.